The molecule has 0 spiro atoms. The highest BCUT2D eigenvalue weighted by Gasteiger charge is 2.21. The lowest BCUT2D eigenvalue weighted by Gasteiger charge is -2.30. The van der Waals surface area contributed by atoms with E-state index >= 15 is 0 Å². The summed E-state index contributed by atoms with van der Waals surface area (Å²) in [4.78, 5) is 14.3. The predicted molar refractivity (Wildman–Crippen MR) is 93.5 cm³/mol. The summed E-state index contributed by atoms with van der Waals surface area (Å²) >= 11 is 1.33. The summed E-state index contributed by atoms with van der Waals surface area (Å²) in [6, 6.07) is 7.75. The highest BCUT2D eigenvalue weighted by Crippen LogP contribution is 2.21. The molecule has 0 aliphatic heterocycles. The van der Waals surface area contributed by atoms with Gasteiger partial charge in [0.25, 0.3) is 0 Å². The summed E-state index contributed by atoms with van der Waals surface area (Å²) in [5.41, 5.74) is 0.820. The molecule has 1 amide bonds. The van der Waals surface area contributed by atoms with Crippen LogP contribution in [0.25, 0.3) is 5.69 Å². The van der Waals surface area contributed by atoms with Gasteiger partial charge in [-0.1, -0.05) is 11.8 Å². The minimum absolute atomic E-state index is 0.0780. The summed E-state index contributed by atoms with van der Waals surface area (Å²) < 4.78 is 6.77. The molecule has 0 aliphatic rings. The number of carbonyl (C=O) groups excluding carboxylic acids is 1. The highest BCUT2D eigenvalue weighted by molar-refractivity contribution is 7.99. The van der Waals surface area contributed by atoms with Gasteiger partial charge in [-0.15, -0.1) is 5.10 Å². The second-order valence-corrected chi connectivity index (χ2v) is 6.79. The average molecular weight is 349 g/mol. The maximum Gasteiger partial charge on any atom is 0.233 e. The van der Waals surface area contributed by atoms with Crippen molar-refractivity contribution in [3.05, 3.63) is 24.3 Å². The van der Waals surface area contributed by atoms with Crippen molar-refractivity contribution in [2.75, 3.05) is 12.9 Å². The normalized spacial score (nSPS) is 11.1. The molecular weight excluding hydrogens is 326 g/mol. The van der Waals surface area contributed by atoms with Crippen molar-refractivity contribution in [1.82, 2.24) is 25.1 Å². The van der Waals surface area contributed by atoms with Crippen LogP contribution in [-0.4, -0.2) is 56.0 Å². The average Bonchev–Trinajstić information content (AvgIpc) is 3.00. The SMILES string of the molecule is COc1ccc(-n2nnnc2SCC(=O)N(C(C)C)C(C)C)cc1. The zero-order valence-corrected chi connectivity index (χ0v) is 15.4. The van der Waals surface area contributed by atoms with E-state index in [1.165, 1.54) is 11.8 Å². The van der Waals surface area contributed by atoms with Crippen LogP contribution in [0.1, 0.15) is 27.7 Å². The topological polar surface area (TPSA) is 73.1 Å². The number of benzene rings is 1. The van der Waals surface area contributed by atoms with E-state index in [0.717, 1.165) is 11.4 Å². The lowest BCUT2D eigenvalue weighted by Crippen LogP contribution is -2.43. The number of aromatic nitrogens is 4. The van der Waals surface area contributed by atoms with Gasteiger partial charge < -0.3 is 9.64 Å². The number of hydrogen-bond donors (Lipinski definition) is 0. The molecule has 0 fully saturated rings. The van der Waals surface area contributed by atoms with Crippen LogP contribution in [0.5, 0.6) is 5.75 Å². The second-order valence-electron chi connectivity index (χ2n) is 5.85. The fourth-order valence-electron chi connectivity index (χ4n) is 2.53. The Labute approximate surface area is 146 Å². The Kier molecular flexibility index (Phi) is 6.19. The third-order valence-electron chi connectivity index (χ3n) is 3.48. The lowest BCUT2D eigenvalue weighted by molar-refractivity contribution is -0.131. The van der Waals surface area contributed by atoms with Crippen LogP contribution in [0.3, 0.4) is 0 Å². The van der Waals surface area contributed by atoms with E-state index in [9.17, 15) is 4.79 Å². The van der Waals surface area contributed by atoms with Crippen molar-refractivity contribution in [2.24, 2.45) is 0 Å². The maximum absolute atomic E-state index is 12.5. The molecule has 0 aliphatic carbocycles. The van der Waals surface area contributed by atoms with Crippen LogP contribution >= 0.6 is 11.8 Å². The molecule has 0 unspecified atom stereocenters. The van der Waals surface area contributed by atoms with Crippen molar-refractivity contribution in [3.63, 3.8) is 0 Å². The third-order valence-corrected chi connectivity index (χ3v) is 4.39. The zero-order chi connectivity index (χ0) is 17.7. The molecule has 1 aromatic heterocycles. The molecule has 2 aromatic rings. The second kappa shape index (κ2) is 8.14. The molecule has 0 bridgehead atoms. The van der Waals surface area contributed by atoms with Crippen molar-refractivity contribution in [2.45, 2.75) is 44.9 Å². The molecule has 0 N–H and O–H groups in total. The molecule has 8 heteroatoms. The summed E-state index contributed by atoms with van der Waals surface area (Å²) in [5, 5.41) is 12.3. The van der Waals surface area contributed by atoms with Crippen molar-refractivity contribution >= 4 is 17.7 Å². The van der Waals surface area contributed by atoms with E-state index < -0.39 is 0 Å². The molecule has 1 heterocycles. The number of tetrazole rings is 1. The Morgan fingerprint density at radius 1 is 1.21 bits per heavy atom. The zero-order valence-electron chi connectivity index (χ0n) is 14.6. The van der Waals surface area contributed by atoms with Gasteiger partial charge in [0.2, 0.25) is 11.1 Å². The Morgan fingerprint density at radius 2 is 1.83 bits per heavy atom. The molecular formula is C16H23N5O2S. The summed E-state index contributed by atoms with van der Waals surface area (Å²) in [5.74, 6) is 1.14. The number of methoxy groups -OCH3 is 1. The van der Waals surface area contributed by atoms with E-state index in [4.69, 9.17) is 4.74 Å². The number of carbonyl (C=O) groups is 1. The van der Waals surface area contributed by atoms with Gasteiger partial charge in [0.05, 0.1) is 18.6 Å². The largest absolute Gasteiger partial charge is 0.497 e. The standard InChI is InChI=1S/C16H23N5O2S/c1-11(2)20(12(3)4)15(22)10-24-16-17-18-19-21(16)13-6-8-14(23-5)9-7-13/h6-9,11-12H,10H2,1-5H3. The van der Waals surface area contributed by atoms with Gasteiger partial charge >= 0.3 is 0 Å². The van der Waals surface area contributed by atoms with Crippen LogP contribution < -0.4 is 4.74 Å². The first-order valence-corrected chi connectivity index (χ1v) is 8.79. The van der Waals surface area contributed by atoms with Gasteiger partial charge in [0.1, 0.15) is 5.75 Å². The molecule has 0 radical (unpaired) electrons. The van der Waals surface area contributed by atoms with Gasteiger partial charge in [-0.05, 0) is 62.4 Å². The first-order valence-electron chi connectivity index (χ1n) is 7.80. The first kappa shape index (κ1) is 18.3. The first-order chi connectivity index (χ1) is 11.4. The number of nitrogens with zero attached hydrogens (tertiary/aromatic N) is 5. The molecule has 1 aromatic carbocycles. The van der Waals surface area contributed by atoms with Crippen LogP contribution in [0, 0.1) is 0 Å². The Balaban J connectivity index is 2.09. The minimum Gasteiger partial charge on any atom is -0.497 e. The fraction of sp³-hybridized carbons (Fsp3) is 0.500. The molecule has 7 nitrogen and oxygen atoms in total. The molecule has 0 saturated carbocycles. The fourth-order valence-corrected chi connectivity index (χ4v) is 3.29. The summed E-state index contributed by atoms with van der Waals surface area (Å²) in [7, 11) is 1.62. The van der Waals surface area contributed by atoms with Crippen molar-refractivity contribution in [1.29, 1.82) is 0 Å². The van der Waals surface area contributed by atoms with E-state index in [1.807, 2.05) is 56.9 Å². The van der Waals surface area contributed by atoms with E-state index in [0.29, 0.717) is 10.9 Å². The van der Waals surface area contributed by atoms with Crippen LogP contribution in [0.2, 0.25) is 0 Å². The molecule has 24 heavy (non-hydrogen) atoms. The number of hydrogen-bond acceptors (Lipinski definition) is 6. The minimum atomic E-state index is 0.0780. The number of thioether (sulfide) groups is 1. The molecule has 0 saturated heterocycles. The molecule has 0 atom stereocenters. The summed E-state index contributed by atoms with van der Waals surface area (Å²) in [6.45, 7) is 8.07. The molecule has 2 rings (SSSR count). The monoisotopic (exact) mass is 349 g/mol. The Bertz CT molecular complexity index is 661. The van der Waals surface area contributed by atoms with E-state index in [2.05, 4.69) is 15.5 Å². The van der Waals surface area contributed by atoms with Crippen LogP contribution in [0.4, 0.5) is 0 Å². The van der Waals surface area contributed by atoms with Crippen molar-refractivity contribution < 1.29 is 9.53 Å². The van der Waals surface area contributed by atoms with Gasteiger partial charge in [-0.2, -0.15) is 4.68 Å². The Hall–Kier alpha value is -2.09. The maximum atomic E-state index is 12.5. The van der Waals surface area contributed by atoms with Crippen molar-refractivity contribution in [3.8, 4) is 11.4 Å². The van der Waals surface area contributed by atoms with Gasteiger partial charge in [-0.25, -0.2) is 0 Å². The van der Waals surface area contributed by atoms with Gasteiger partial charge in [-0.3, -0.25) is 4.79 Å². The number of rotatable bonds is 7. The van der Waals surface area contributed by atoms with Crippen LogP contribution in [-0.2, 0) is 4.79 Å². The van der Waals surface area contributed by atoms with Gasteiger partial charge in [0, 0.05) is 12.1 Å². The number of amides is 1. The predicted octanol–water partition coefficient (Wildman–Crippen LogP) is 2.41. The lowest BCUT2D eigenvalue weighted by atomic mass is 10.2. The quantitative estimate of drug-likeness (QED) is 0.715. The van der Waals surface area contributed by atoms with E-state index in [-0.39, 0.29) is 18.0 Å². The highest BCUT2D eigenvalue weighted by atomic mass is 32.2. The molecule has 130 valence electrons. The van der Waals surface area contributed by atoms with Crippen LogP contribution in [0.15, 0.2) is 29.4 Å². The smallest absolute Gasteiger partial charge is 0.233 e. The Morgan fingerprint density at radius 3 is 2.38 bits per heavy atom. The third kappa shape index (κ3) is 4.25. The summed E-state index contributed by atoms with van der Waals surface area (Å²) in [6.07, 6.45) is 0. The van der Waals surface area contributed by atoms with E-state index in [1.54, 1.807) is 11.8 Å². The van der Waals surface area contributed by atoms with Gasteiger partial charge in [0.15, 0.2) is 0 Å². The number of ether oxygens (including phenoxy) is 1.